The summed E-state index contributed by atoms with van der Waals surface area (Å²) in [5.41, 5.74) is 2.35. The maximum Gasteiger partial charge on any atom is 0.234 e. The molecule has 2 aliphatic rings. The van der Waals surface area contributed by atoms with E-state index < -0.39 is 0 Å². The van der Waals surface area contributed by atoms with Crippen molar-refractivity contribution in [3.8, 4) is 0 Å². The molecular formula is C19H29N3O2. The minimum Gasteiger partial charge on any atom is -0.390 e. The van der Waals surface area contributed by atoms with E-state index >= 15 is 0 Å². The number of carbonyl (C=O) groups is 1. The molecule has 24 heavy (non-hydrogen) atoms. The van der Waals surface area contributed by atoms with Crippen molar-refractivity contribution in [1.29, 1.82) is 0 Å². The second-order valence-electron chi connectivity index (χ2n) is 7.13. The number of amides is 1. The average Bonchev–Trinajstić information content (AvgIpc) is 2.95. The molecule has 0 spiro atoms. The van der Waals surface area contributed by atoms with Gasteiger partial charge in [-0.15, -0.1) is 0 Å². The van der Waals surface area contributed by atoms with Gasteiger partial charge in [0.05, 0.1) is 12.6 Å². The number of β-amino-alcohol motifs (C(OH)–C–C–N with tert-alkyl or cyclic N) is 1. The fraction of sp³-hybridized carbons (Fsp3) is 0.632. The molecule has 5 heteroatoms. The van der Waals surface area contributed by atoms with Gasteiger partial charge >= 0.3 is 0 Å². The van der Waals surface area contributed by atoms with Gasteiger partial charge in [-0.05, 0) is 44.0 Å². The molecule has 0 saturated carbocycles. The molecule has 0 radical (unpaired) electrons. The quantitative estimate of drug-likeness (QED) is 0.850. The van der Waals surface area contributed by atoms with Gasteiger partial charge < -0.3 is 10.4 Å². The van der Waals surface area contributed by atoms with Crippen LogP contribution in [0.3, 0.4) is 0 Å². The Labute approximate surface area is 144 Å². The molecule has 5 nitrogen and oxygen atoms in total. The van der Waals surface area contributed by atoms with Crippen LogP contribution in [0.2, 0.25) is 0 Å². The minimum atomic E-state index is -0.340. The van der Waals surface area contributed by atoms with Crippen molar-refractivity contribution in [3.63, 3.8) is 0 Å². The molecule has 0 aromatic heterocycles. The summed E-state index contributed by atoms with van der Waals surface area (Å²) in [7, 11) is 0. The van der Waals surface area contributed by atoms with E-state index in [4.69, 9.17) is 0 Å². The van der Waals surface area contributed by atoms with Crippen LogP contribution in [-0.2, 0) is 11.3 Å². The third kappa shape index (κ3) is 4.35. The zero-order valence-corrected chi connectivity index (χ0v) is 14.6. The van der Waals surface area contributed by atoms with Crippen molar-refractivity contribution >= 4 is 5.91 Å². The number of aliphatic hydroxyl groups excluding tert-OH is 1. The van der Waals surface area contributed by atoms with Crippen LogP contribution < -0.4 is 5.32 Å². The maximum absolute atomic E-state index is 12.2. The SMILES string of the molecule is Cc1ccccc1CNC(=O)CN1CC(O)C(N2CCCCC2)C1. The molecular weight excluding hydrogens is 302 g/mol. The van der Waals surface area contributed by atoms with Gasteiger partial charge in [0, 0.05) is 25.7 Å². The summed E-state index contributed by atoms with van der Waals surface area (Å²) in [6, 6.07) is 8.29. The first-order valence-corrected chi connectivity index (χ1v) is 9.09. The Morgan fingerprint density at radius 1 is 1.21 bits per heavy atom. The van der Waals surface area contributed by atoms with Gasteiger partial charge in [0.15, 0.2) is 0 Å². The lowest BCUT2D eigenvalue weighted by molar-refractivity contribution is -0.122. The Morgan fingerprint density at radius 2 is 1.96 bits per heavy atom. The zero-order chi connectivity index (χ0) is 16.9. The first kappa shape index (κ1) is 17.4. The third-order valence-corrected chi connectivity index (χ3v) is 5.30. The molecule has 2 saturated heterocycles. The van der Waals surface area contributed by atoms with Crippen LogP contribution in [0, 0.1) is 6.92 Å². The highest BCUT2D eigenvalue weighted by Crippen LogP contribution is 2.20. The number of nitrogens with zero attached hydrogens (tertiary/aromatic N) is 2. The van der Waals surface area contributed by atoms with Crippen LogP contribution in [0.15, 0.2) is 24.3 Å². The van der Waals surface area contributed by atoms with E-state index in [0.29, 0.717) is 19.6 Å². The Balaban J connectivity index is 1.46. The predicted molar refractivity (Wildman–Crippen MR) is 94.7 cm³/mol. The van der Waals surface area contributed by atoms with E-state index in [1.54, 1.807) is 0 Å². The highest BCUT2D eigenvalue weighted by molar-refractivity contribution is 5.78. The Hall–Kier alpha value is -1.43. The smallest absolute Gasteiger partial charge is 0.234 e. The molecule has 132 valence electrons. The summed E-state index contributed by atoms with van der Waals surface area (Å²) in [5.74, 6) is 0.0322. The summed E-state index contributed by atoms with van der Waals surface area (Å²) < 4.78 is 0. The normalized spacial score (nSPS) is 25.8. The van der Waals surface area contributed by atoms with Gasteiger partial charge in [0.2, 0.25) is 5.91 Å². The predicted octanol–water partition coefficient (Wildman–Crippen LogP) is 1.14. The largest absolute Gasteiger partial charge is 0.390 e. The van der Waals surface area contributed by atoms with Gasteiger partial charge in [0.1, 0.15) is 0 Å². The van der Waals surface area contributed by atoms with E-state index in [-0.39, 0.29) is 18.1 Å². The number of rotatable bonds is 5. The average molecular weight is 331 g/mol. The Bertz CT molecular complexity index is 557. The summed E-state index contributed by atoms with van der Waals surface area (Å²) in [6.45, 7) is 6.54. The van der Waals surface area contributed by atoms with Crippen molar-refractivity contribution < 1.29 is 9.90 Å². The van der Waals surface area contributed by atoms with Gasteiger partial charge in [-0.2, -0.15) is 0 Å². The zero-order valence-electron chi connectivity index (χ0n) is 14.6. The van der Waals surface area contributed by atoms with Gasteiger partial charge in [-0.25, -0.2) is 0 Å². The monoisotopic (exact) mass is 331 g/mol. The summed E-state index contributed by atoms with van der Waals surface area (Å²) in [4.78, 5) is 16.7. The highest BCUT2D eigenvalue weighted by atomic mass is 16.3. The van der Waals surface area contributed by atoms with Gasteiger partial charge in [-0.1, -0.05) is 30.7 Å². The molecule has 2 heterocycles. The minimum absolute atomic E-state index is 0.0322. The molecule has 1 aromatic carbocycles. The van der Waals surface area contributed by atoms with E-state index in [1.165, 1.54) is 24.8 Å². The number of aliphatic hydroxyl groups is 1. The van der Waals surface area contributed by atoms with Crippen LogP contribution in [-0.4, -0.2) is 65.7 Å². The van der Waals surface area contributed by atoms with Crippen LogP contribution in [0.25, 0.3) is 0 Å². The van der Waals surface area contributed by atoms with Crippen molar-refractivity contribution in [2.24, 2.45) is 0 Å². The number of hydrogen-bond acceptors (Lipinski definition) is 4. The number of hydrogen-bond donors (Lipinski definition) is 2. The molecule has 0 bridgehead atoms. The molecule has 1 amide bonds. The molecule has 2 fully saturated rings. The van der Waals surface area contributed by atoms with Gasteiger partial charge in [-0.3, -0.25) is 14.6 Å². The molecule has 2 N–H and O–H groups in total. The molecule has 0 aliphatic carbocycles. The molecule has 3 rings (SSSR count). The van der Waals surface area contributed by atoms with E-state index in [2.05, 4.69) is 28.1 Å². The molecule has 2 unspecified atom stereocenters. The first-order valence-electron chi connectivity index (χ1n) is 9.09. The first-order chi connectivity index (χ1) is 11.6. The second kappa shape index (κ2) is 8.10. The molecule has 2 aliphatic heterocycles. The number of likely N-dealkylation sites (tertiary alicyclic amines) is 2. The topological polar surface area (TPSA) is 55.8 Å². The van der Waals surface area contributed by atoms with Crippen LogP contribution >= 0.6 is 0 Å². The number of aryl methyl sites for hydroxylation is 1. The van der Waals surface area contributed by atoms with Gasteiger partial charge in [0.25, 0.3) is 0 Å². The fourth-order valence-electron chi connectivity index (χ4n) is 3.85. The Morgan fingerprint density at radius 3 is 2.71 bits per heavy atom. The Kier molecular flexibility index (Phi) is 5.87. The lowest BCUT2D eigenvalue weighted by atomic mass is 10.1. The number of piperidine rings is 1. The third-order valence-electron chi connectivity index (χ3n) is 5.30. The van der Waals surface area contributed by atoms with Crippen molar-refractivity contribution in [3.05, 3.63) is 35.4 Å². The van der Waals surface area contributed by atoms with Crippen LogP contribution in [0.4, 0.5) is 0 Å². The summed E-state index contributed by atoms with van der Waals surface area (Å²) in [5, 5.41) is 13.4. The number of benzene rings is 1. The highest BCUT2D eigenvalue weighted by Gasteiger charge is 2.36. The van der Waals surface area contributed by atoms with Crippen LogP contribution in [0.5, 0.6) is 0 Å². The number of nitrogens with one attached hydrogen (secondary N) is 1. The lowest BCUT2D eigenvalue weighted by Crippen LogP contribution is -2.46. The van der Waals surface area contributed by atoms with E-state index in [9.17, 15) is 9.90 Å². The van der Waals surface area contributed by atoms with E-state index in [0.717, 1.165) is 25.2 Å². The van der Waals surface area contributed by atoms with Crippen molar-refractivity contribution in [2.75, 3.05) is 32.7 Å². The summed E-state index contributed by atoms with van der Waals surface area (Å²) in [6.07, 6.45) is 3.40. The number of carbonyl (C=O) groups excluding carboxylic acids is 1. The standard InChI is InChI=1S/C19H29N3O2/c1-15-7-3-4-8-16(15)11-20-19(24)14-21-12-17(18(23)13-21)22-9-5-2-6-10-22/h3-4,7-8,17-18,23H,2,5-6,9-14H2,1H3,(H,20,24). The molecule has 1 aromatic rings. The maximum atomic E-state index is 12.2. The molecule has 2 atom stereocenters. The van der Waals surface area contributed by atoms with Crippen molar-refractivity contribution in [1.82, 2.24) is 15.1 Å². The second-order valence-corrected chi connectivity index (χ2v) is 7.13. The van der Waals surface area contributed by atoms with E-state index in [1.807, 2.05) is 18.2 Å². The van der Waals surface area contributed by atoms with Crippen molar-refractivity contribution in [2.45, 2.75) is 44.9 Å². The fourth-order valence-corrected chi connectivity index (χ4v) is 3.85. The lowest BCUT2D eigenvalue weighted by Gasteiger charge is -2.33. The van der Waals surface area contributed by atoms with Crippen LogP contribution in [0.1, 0.15) is 30.4 Å². The summed E-state index contributed by atoms with van der Waals surface area (Å²) >= 11 is 0.